The van der Waals surface area contributed by atoms with Crippen LogP contribution in [0.1, 0.15) is 11.1 Å². The second-order valence-corrected chi connectivity index (χ2v) is 4.75. The summed E-state index contributed by atoms with van der Waals surface area (Å²) >= 11 is 9.58. The van der Waals surface area contributed by atoms with E-state index in [-0.39, 0.29) is 0 Å². The lowest BCUT2D eigenvalue weighted by Crippen LogP contribution is -1.90. The highest BCUT2D eigenvalue weighted by Crippen LogP contribution is 2.34. The summed E-state index contributed by atoms with van der Waals surface area (Å²) in [7, 11) is 0. The van der Waals surface area contributed by atoms with Gasteiger partial charge in [-0.2, -0.15) is 0 Å². The number of rotatable bonds is 3. The first-order valence-electron chi connectivity index (χ1n) is 5.28. The molecule has 88 valence electrons. The van der Waals surface area contributed by atoms with E-state index in [0.717, 1.165) is 22.6 Å². The van der Waals surface area contributed by atoms with Crippen molar-refractivity contribution in [2.75, 3.05) is 0 Å². The van der Waals surface area contributed by atoms with Crippen molar-refractivity contribution in [2.24, 2.45) is 0 Å². The van der Waals surface area contributed by atoms with Crippen LogP contribution in [-0.4, -0.2) is 0 Å². The van der Waals surface area contributed by atoms with E-state index < -0.39 is 0 Å². The minimum absolute atomic E-state index is 0.628. The van der Waals surface area contributed by atoms with Gasteiger partial charge in [-0.1, -0.05) is 51.8 Å². The fourth-order valence-corrected chi connectivity index (χ4v) is 2.24. The highest BCUT2D eigenvalue weighted by Gasteiger charge is 2.08. The minimum Gasteiger partial charge on any atom is -0.455 e. The number of ether oxygens (including phenoxy) is 1. The molecule has 17 heavy (non-hydrogen) atoms. The summed E-state index contributed by atoms with van der Waals surface area (Å²) in [5.41, 5.74) is 2.20. The van der Waals surface area contributed by atoms with Crippen LogP contribution in [0, 0.1) is 6.92 Å². The Morgan fingerprint density at radius 1 is 1.18 bits per heavy atom. The fraction of sp³-hybridized carbons (Fsp3) is 0.143. The number of alkyl halides is 1. The van der Waals surface area contributed by atoms with Gasteiger partial charge in [-0.15, -0.1) is 0 Å². The number of hydrogen-bond donors (Lipinski definition) is 0. The van der Waals surface area contributed by atoms with Crippen molar-refractivity contribution in [2.45, 2.75) is 12.3 Å². The zero-order valence-electron chi connectivity index (χ0n) is 9.41. The Morgan fingerprint density at radius 2 is 1.94 bits per heavy atom. The van der Waals surface area contributed by atoms with Crippen molar-refractivity contribution < 1.29 is 4.74 Å². The molecule has 1 nitrogen and oxygen atoms in total. The molecule has 0 aliphatic heterocycles. The number of halogens is 2. The van der Waals surface area contributed by atoms with Crippen molar-refractivity contribution in [1.82, 2.24) is 0 Å². The number of para-hydroxylation sites is 1. The van der Waals surface area contributed by atoms with Gasteiger partial charge in [-0.05, 0) is 30.7 Å². The van der Waals surface area contributed by atoms with Crippen molar-refractivity contribution in [1.29, 1.82) is 0 Å². The van der Waals surface area contributed by atoms with Gasteiger partial charge in [0.05, 0.1) is 5.02 Å². The molecule has 0 amide bonds. The molecule has 0 aromatic heterocycles. The van der Waals surface area contributed by atoms with Crippen molar-refractivity contribution >= 4 is 27.5 Å². The molecule has 3 heteroatoms. The number of hydrogen-bond acceptors (Lipinski definition) is 1. The average molecular weight is 312 g/mol. The highest BCUT2D eigenvalue weighted by molar-refractivity contribution is 9.08. The molecule has 0 heterocycles. The smallest absolute Gasteiger partial charge is 0.150 e. The van der Waals surface area contributed by atoms with Crippen LogP contribution < -0.4 is 4.74 Å². The Morgan fingerprint density at radius 3 is 2.65 bits per heavy atom. The molecule has 0 unspecified atom stereocenters. The summed E-state index contributed by atoms with van der Waals surface area (Å²) in [6, 6.07) is 13.7. The van der Waals surface area contributed by atoms with Crippen LogP contribution in [0.3, 0.4) is 0 Å². The Bertz CT molecular complexity index is 525. The first-order chi connectivity index (χ1) is 8.20. The maximum atomic E-state index is 6.15. The van der Waals surface area contributed by atoms with E-state index in [1.165, 1.54) is 0 Å². The van der Waals surface area contributed by atoms with E-state index in [9.17, 15) is 0 Å². The molecule has 0 N–H and O–H groups in total. The largest absolute Gasteiger partial charge is 0.455 e. The Balaban J connectivity index is 2.35. The van der Waals surface area contributed by atoms with Crippen LogP contribution >= 0.6 is 27.5 Å². The van der Waals surface area contributed by atoms with Gasteiger partial charge < -0.3 is 4.74 Å². The second kappa shape index (κ2) is 5.56. The van der Waals surface area contributed by atoms with Gasteiger partial charge in [0.25, 0.3) is 0 Å². The number of aryl methyl sites for hydroxylation is 1. The third-order valence-electron chi connectivity index (χ3n) is 2.40. The topological polar surface area (TPSA) is 9.23 Å². The van der Waals surface area contributed by atoms with E-state index in [1.54, 1.807) is 0 Å². The third kappa shape index (κ3) is 3.02. The first-order valence-corrected chi connectivity index (χ1v) is 6.78. The quantitative estimate of drug-likeness (QED) is 0.696. The number of benzene rings is 2. The molecule has 2 rings (SSSR count). The van der Waals surface area contributed by atoms with Gasteiger partial charge in [0.15, 0.2) is 0 Å². The summed E-state index contributed by atoms with van der Waals surface area (Å²) in [5.74, 6) is 1.52. The Hall–Kier alpha value is -0.990. The molecule has 0 aliphatic carbocycles. The second-order valence-electron chi connectivity index (χ2n) is 3.78. The summed E-state index contributed by atoms with van der Waals surface area (Å²) in [4.78, 5) is 0. The zero-order valence-corrected chi connectivity index (χ0v) is 11.8. The van der Waals surface area contributed by atoms with Gasteiger partial charge in [-0.25, -0.2) is 0 Å². The zero-order chi connectivity index (χ0) is 12.3. The van der Waals surface area contributed by atoms with Crippen LogP contribution in [0.2, 0.25) is 5.02 Å². The monoisotopic (exact) mass is 310 g/mol. The lowest BCUT2D eigenvalue weighted by Gasteiger charge is -2.11. The van der Waals surface area contributed by atoms with Gasteiger partial charge in [0, 0.05) is 10.9 Å². The molecule has 0 radical (unpaired) electrons. The van der Waals surface area contributed by atoms with E-state index in [1.807, 2.05) is 49.4 Å². The Kier molecular flexibility index (Phi) is 4.08. The summed E-state index contributed by atoms with van der Waals surface area (Å²) in [6.07, 6.45) is 0. The van der Waals surface area contributed by atoms with Gasteiger partial charge in [0.2, 0.25) is 0 Å². The van der Waals surface area contributed by atoms with Crippen LogP contribution in [0.4, 0.5) is 0 Å². The standard InChI is InChI=1S/C14H12BrClO/c1-10-4-2-6-12(8-10)17-14-11(9-15)5-3-7-13(14)16/h2-8H,9H2,1H3. The highest BCUT2D eigenvalue weighted by atomic mass is 79.9. The van der Waals surface area contributed by atoms with E-state index in [2.05, 4.69) is 15.9 Å². The molecular formula is C14H12BrClO. The normalized spacial score (nSPS) is 10.3. The molecule has 0 fully saturated rings. The molecule has 0 saturated heterocycles. The maximum Gasteiger partial charge on any atom is 0.150 e. The minimum atomic E-state index is 0.628. The van der Waals surface area contributed by atoms with Gasteiger partial charge in [0.1, 0.15) is 11.5 Å². The van der Waals surface area contributed by atoms with Crippen LogP contribution in [0.5, 0.6) is 11.5 Å². The molecule has 2 aromatic rings. The van der Waals surface area contributed by atoms with E-state index in [0.29, 0.717) is 10.4 Å². The molecular weight excluding hydrogens is 300 g/mol. The lowest BCUT2D eigenvalue weighted by atomic mass is 10.2. The average Bonchev–Trinajstić information content (AvgIpc) is 2.32. The SMILES string of the molecule is Cc1cccc(Oc2c(Cl)cccc2CBr)c1. The summed E-state index contributed by atoms with van der Waals surface area (Å²) < 4.78 is 5.85. The molecule has 0 atom stereocenters. The van der Waals surface area contributed by atoms with Gasteiger partial charge in [-0.3, -0.25) is 0 Å². The van der Waals surface area contributed by atoms with Crippen LogP contribution in [-0.2, 0) is 5.33 Å². The molecule has 0 saturated carbocycles. The first kappa shape index (κ1) is 12.5. The maximum absolute atomic E-state index is 6.15. The fourth-order valence-electron chi connectivity index (χ4n) is 1.57. The predicted octanol–water partition coefficient (Wildman–Crippen LogP) is 5.34. The summed E-state index contributed by atoms with van der Waals surface area (Å²) in [5, 5.41) is 1.35. The summed E-state index contributed by atoms with van der Waals surface area (Å²) in [6.45, 7) is 2.03. The predicted molar refractivity (Wildman–Crippen MR) is 75.3 cm³/mol. The molecule has 0 aliphatic rings. The van der Waals surface area contributed by atoms with Crippen molar-refractivity contribution in [3.8, 4) is 11.5 Å². The molecule has 0 bridgehead atoms. The van der Waals surface area contributed by atoms with E-state index in [4.69, 9.17) is 16.3 Å². The van der Waals surface area contributed by atoms with Crippen LogP contribution in [0.25, 0.3) is 0 Å². The Labute approximate surface area is 115 Å². The molecule has 2 aromatic carbocycles. The van der Waals surface area contributed by atoms with Crippen LogP contribution in [0.15, 0.2) is 42.5 Å². The lowest BCUT2D eigenvalue weighted by molar-refractivity contribution is 0.478. The van der Waals surface area contributed by atoms with Crippen molar-refractivity contribution in [3.63, 3.8) is 0 Å². The van der Waals surface area contributed by atoms with Crippen molar-refractivity contribution in [3.05, 3.63) is 58.6 Å². The molecule has 0 spiro atoms. The van der Waals surface area contributed by atoms with E-state index >= 15 is 0 Å². The van der Waals surface area contributed by atoms with Gasteiger partial charge >= 0.3 is 0 Å². The third-order valence-corrected chi connectivity index (χ3v) is 3.30.